The lowest BCUT2D eigenvalue weighted by molar-refractivity contribution is -0.384. The number of hydrogen-bond donors (Lipinski definition) is 2. The van der Waals surface area contributed by atoms with Crippen LogP contribution in [0.3, 0.4) is 0 Å². The highest BCUT2D eigenvalue weighted by atomic mass is 35.5. The molecular weight excluding hydrogens is 248 g/mol. The molecule has 1 unspecified atom stereocenters. The van der Waals surface area contributed by atoms with Gasteiger partial charge in [0.2, 0.25) is 0 Å². The zero-order chi connectivity index (χ0) is 12.3. The molecule has 3 N–H and O–H groups in total. The molecule has 0 aliphatic rings. The Labute approximate surface area is 104 Å². The molecule has 0 aliphatic heterocycles. The summed E-state index contributed by atoms with van der Waals surface area (Å²) in [6.07, 6.45) is -0.196. The number of aryl methyl sites for hydroxylation is 1. The molecule has 7 heteroatoms. The van der Waals surface area contributed by atoms with Gasteiger partial charge in [-0.15, -0.1) is 12.4 Å². The third-order valence-corrected chi connectivity index (χ3v) is 2.26. The number of carboxylic acid groups (broad SMARTS) is 1. The number of nitrogens with zero attached hydrogens (tertiary/aromatic N) is 1. The van der Waals surface area contributed by atoms with E-state index in [4.69, 9.17) is 10.8 Å². The molecule has 0 radical (unpaired) electrons. The summed E-state index contributed by atoms with van der Waals surface area (Å²) >= 11 is 0. The van der Waals surface area contributed by atoms with E-state index < -0.39 is 16.9 Å². The first-order chi connectivity index (χ1) is 7.41. The number of nitro benzene ring substituents is 1. The van der Waals surface area contributed by atoms with Crippen LogP contribution in [0.4, 0.5) is 5.69 Å². The summed E-state index contributed by atoms with van der Waals surface area (Å²) in [5, 5.41) is 19.1. The first kappa shape index (κ1) is 15.3. The molecule has 1 aromatic carbocycles. The predicted molar refractivity (Wildman–Crippen MR) is 64.3 cm³/mol. The second kappa shape index (κ2) is 6.17. The molecule has 17 heavy (non-hydrogen) atoms. The molecule has 1 rings (SSSR count). The number of rotatable bonds is 4. The Balaban J connectivity index is 0.00000256. The van der Waals surface area contributed by atoms with Crippen molar-refractivity contribution < 1.29 is 14.8 Å². The van der Waals surface area contributed by atoms with Crippen LogP contribution in [0.15, 0.2) is 18.2 Å². The molecule has 0 heterocycles. The minimum absolute atomic E-state index is 0. The summed E-state index contributed by atoms with van der Waals surface area (Å²) in [6, 6.07) is 3.57. The van der Waals surface area contributed by atoms with Crippen LogP contribution in [0.1, 0.15) is 23.6 Å². The fraction of sp³-hybridized carbons (Fsp3) is 0.300. The molecule has 0 amide bonds. The molecule has 0 saturated heterocycles. The molecule has 1 aromatic rings. The Hall–Kier alpha value is -1.66. The van der Waals surface area contributed by atoms with E-state index in [1.165, 1.54) is 18.2 Å². The number of carbonyl (C=O) groups is 1. The van der Waals surface area contributed by atoms with Crippen molar-refractivity contribution >= 4 is 24.1 Å². The van der Waals surface area contributed by atoms with Crippen molar-refractivity contribution in [3.8, 4) is 0 Å². The molecule has 1 atom stereocenters. The van der Waals surface area contributed by atoms with Crippen molar-refractivity contribution in [1.29, 1.82) is 0 Å². The van der Waals surface area contributed by atoms with Crippen LogP contribution in [-0.2, 0) is 4.79 Å². The Kier molecular flexibility index (Phi) is 5.57. The molecule has 0 fully saturated rings. The SMILES string of the molecule is Cc1cc([N+](=O)[O-])ccc1C(N)CC(=O)O.Cl. The monoisotopic (exact) mass is 260 g/mol. The standard InChI is InChI=1S/C10H12N2O4.ClH/c1-6-4-7(12(15)16)2-3-8(6)9(11)5-10(13)14;/h2-4,9H,5,11H2,1H3,(H,13,14);1H. The Morgan fingerprint density at radius 1 is 1.59 bits per heavy atom. The van der Waals surface area contributed by atoms with Gasteiger partial charge < -0.3 is 10.8 Å². The Morgan fingerprint density at radius 3 is 2.59 bits per heavy atom. The van der Waals surface area contributed by atoms with Crippen molar-refractivity contribution in [3.05, 3.63) is 39.4 Å². The predicted octanol–water partition coefficient (Wildman–Crippen LogP) is 1.80. The van der Waals surface area contributed by atoms with E-state index in [9.17, 15) is 14.9 Å². The van der Waals surface area contributed by atoms with Crippen molar-refractivity contribution in [2.45, 2.75) is 19.4 Å². The first-order valence-electron chi connectivity index (χ1n) is 4.64. The molecule has 0 spiro atoms. The number of hydrogen-bond acceptors (Lipinski definition) is 4. The molecule has 0 aromatic heterocycles. The number of halogens is 1. The maximum Gasteiger partial charge on any atom is 0.305 e. The second-order valence-electron chi connectivity index (χ2n) is 3.50. The Bertz CT molecular complexity index is 436. The topological polar surface area (TPSA) is 106 Å². The van der Waals surface area contributed by atoms with Crippen molar-refractivity contribution in [2.24, 2.45) is 5.73 Å². The number of nitro groups is 1. The molecule has 6 nitrogen and oxygen atoms in total. The third-order valence-electron chi connectivity index (χ3n) is 2.26. The van der Waals surface area contributed by atoms with Gasteiger partial charge in [-0.05, 0) is 18.1 Å². The van der Waals surface area contributed by atoms with E-state index in [1.807, 2.05) is 0 Å². The smallest absolute Gasteiger partial charge is 0.305 e. The average Bonchev–Trinajstić information content (AvgIpc) is 2.15. The first-order valence-corrected chi connectivity index (χ1v) is 4.64. The van der Waals surface area contributed by atoms with Gasteiger partial charge in [-0.1, -0.05) is 6.07 Å². The van der Waals surface area contributed by atoms with Crippen LogP contribution in [0.5, 0.6) is 0 Å². The molecule has 0 aliphatic carbocycles. The van der Waals surface area contributed by atoms with Gasteiger partial charge in [0, 0.05) is 18.2 Å². The summed E-state index contributed by atoms with van der Waals surface area (Å²) < 4.78 is 0. The van der Waals surface area contributed by atoms with Crippen LogP contribution in [0.25, 0.3) is 0 Å². The fourth-order valence-electron chi connectivity index (χ4n) is 1.49. The van der Waals surface area contributed by atoms with Gasteiger partial charge in [0.15, 0.2) is 0 Å². The van der Waals surface area contributed by atoms with E-state index in [1.54, 1.807) is 6.92 Å². The summed E-state index contributed by atoms with van der Waals surface area (Å²) in [5.74, 6) is -0.995. The summed E-state index contributed by atoms with van der Waals surface area (Å²) in [7, 11) is 0. The van der Waals surface area contributed by atoms with E-state index in [0.717, 1.165) is 0 Å². The molecular formula is C10H13ClN2O4. The van der Waals surface area contributed by atoms with Gasteiger partial charge in [-0.25, -0.2) is 0 Å². The second-order valence-corrected chi connectivity index (χ2v) is 3.50. The number of aliphatic carboxylic acids is 1. The highest BCUT2D eigenvalue weighted by molar-refractivity contribution is 5.85. The van der Waals surface area contributed by atoms with Crippen molar-refractivity contribution in [2.75, 3.05) is 0 Å². The quantitative estimate of drug-likeness (QED) is 0.634. The normalized spacial score (nSPS) is 11.4. The van der Waals surface area contributed by atoms with Crippen LogP contribution in [-0.4, -0.2) is 16.0 Å². The number of non-ortho nitro benzene ring substituents is 1. The zero-order valence-electron chi connectivity index (χ0n) is 9.12. The number of carboxylic acids is 1. The summed E-state index contributed by atoms with van der Waals surface area (Å²) in [6.45, 7) is 1.67. The minimum atomic E-state index is -0.995. The van der Waals surface area contributed by atoms with Gasteiger partial charge >= 0.3 is 5.97 Å². The van der Waals surface area contributed by atoms with Crippen LogP contribution in [0, 0.1) is 17.0 Å². The fourth-order valence-corrected chi connectivity index (χ4v) is 1.49. The van der Waals surface area contributed by atoms with E-state index >= 15 is 0 Å². The van der Waals surface area contributed by atoms with Crippen molar-refractivity contribution in [3.63, 3.8) is 0 Å². The van der Waals surface area contributed by atoms with Crippen LogP contribution >= 0.6 is 12.4 Å². The van der Waals surface area contributed by atoms with E-state index in [2.05, 4.69) is 0 Å². The van der Waals surface area contributed by atoms with Crippen LogP contribution < -0.4 is 5.73 Å². The maximum absolute atomic E-state index is 10.5. The van der Waals surface area contributed by atoms with Gasteiger partial charge in [-0.2, -0.15) is 0 Å². The van der Waals surface area contributed by atoms with Gasteiger partial charge in [0.1, 0.15) is 0 Å². The highest BCUT2D eigenvalue weighted by Gasteiger charge is 2.15. The van der Waals surface area contributed by atoms with Gasteiger partial charge in [0.25, 0.3) is 5.69 Å². The average molecular weight is 261 g/mol. The molecule has 94 valence electrons. The summed E-state index contributed by atoms with van der Waals surface area (Å²) in [4.78, 5) is 20.5. The highest BCUT2D eigenvalue weighted by Crippen LogP contribution is 2.22. The van der Waals surface area contributed by atoms with Gasteiger partial charge in [0.05, 0.1) is 11.3 Å². The lowest BCUT2D eigenvalue weighted by atomic mass is 9.99. The van der Waals surface area contributed by atoms with Gasteiger partial charge in [-0.3, -0.25) is 14.9 Å². The number of nitrogens with two attached hydrogens (primary N) is 1. The largest absolute Gasteiger partial charge is 0.481 e. The maximum atomic E-state index is 10.5. The third kappa shape index (κ3) is 4.01. The Morgan fingerprint density at radius 2 is 2.18 bits per heavy atom. The van der Waals surface area contributed by atoms with Crippen molar-refractivity contribution in [1.82, 2.24) is 0 Å². The zero-order valence-corrected chi connectivity index (χ0v) is 9.94. The molecule has 0 saturated carbocycles. The minimum Gasteiger partial charge on any atom is -0.481 e. The lowest BCUT2D eigenvalue weighted by Gasteiger charge is -2.11. The lowest BCUT2D eigenvalue weighted by Crippen LogP contribution is -2.16. The van der Waals surface area contributed by atoms with Crippen LogP contribution in [0.2, 0.25) is 0 Å². The number of benzene rings is 1. The van der Waals surface area contributed by atoms with E-state index in [-0.39, 0.29) is 24.5 Å². The summed E-state index contributed by atoms with van der Waals surface area (Å²) in [5.41, 5.74) is 6.89. The van der Waals surface area contributed by atoms with E-state index in [0.29, 0.717) is 11.1 Å². The molecule has 0 bridgehead atoms.